The van der Waals surface area contributed by atoms with Crippen molar-refractivity contribution in [2.24, 2.45) is 5.92 Å². The first kappa shape index (κ1) is 51.4. The van der Waals surface area contributed by atoms with Gasteiger partial charge in [0.25, 0.3) is 23.6 Å². The van der Waals surface area contributed by atoms with E-state index in [1.807, 2.05) is 68.4 Å². The van der Waals surface area contributed by atoms with E-state index in [0.29, 0.717) is 17.5 Å². The van der Waals surface area contributed by atoms with Gasteiger partial charge in [-0.15, -0.1) is 0 Å². The molecule has 356 valence electrons. The zero-order valence-corrected chi connectivity index (χ0v) is 39.2. The number of aromatic amines is 1. The van der Waals surface area contributed by atoms with Crippen LogP contribution >= 0.6 is 0 Å². The third-order valence-corrected chi connectivity index (χ3v) is 11.7. The number of benzene rings is 4. The van der Waals surface area contributed by atoms with Crippen LogP contribution in [0.2, 0.25) is 0 Å². The lowest BCUT2D eigenvalue weighted by atomic mass is 9.95. The van der Waals surface area contributed by atoms with Crippen molar-refractivity contribution in [3.05, 3.63) is 142 Å². The Balaban J connectivity index is 1.50. The van der Waals surface area contributed by atoms with E-state index in [0.717, 1.165) is 22.0 Å². The molecule has 1 heterocycles. The van der Waals surface area contributed by atoms with Crippen LogP contribution in [0.3, 0.4) is 0 Å². The van der Waals surface area contributed by atoms with E-state index < -0.39 is 59.5 Å². The van der Waals surface area contributed by atoms with Gasteiger partial charge in [0.05, 0.1) is 24.2 Å². The second-order valence-electron chi connectivity index (χ2n) is 17.7. The highest BCUT2D eigenvalue weighted by Crippen LogP contribution is 2.22. The number of Topliss-reactive ketones (excluding diaryl/α,β-unsaturated/α-hetero) is 4. The lowest BCUT2D eigenvalue weighted by Gasteiger charge is -2.19. The lowest BCUT2D eigenvalue weighted by Crippen LogP contribution is -2.42. The maximum absolute atomic E-state index is 14.1. The fourth-order valence-corrected chi connectivity index (χ4v) is 7.86. The lowest BCUT2D eigenvalue weighted by molar-refractivity contribution is -0.137. The molecule has 15 nitrogen and oxygen atoms in total. The first-order valence-electron chi connectivity index (χ1n) is 22.6. The second-order valence-corrected chi connectivity index (χ2v) is 17.7. The summed E-state index contributed by atoms with van der Waals surface area (Å²) >= 11 is 0. The number of carbonyl (C=O) groups excluding carboxylic acids is 8. The minimum atomic E-state index is -1.15. The Morgan fingerprint density at radius 1 is 0.515 bits per heavy atom. The Morgan fingerprint density at radius 2 is 0.941 bits per heavy atom. The van der Waals surface area contributed by atoms with Crippen LogP contribution in [0.25, 0.3) is 10.9 Å². The maximum Gasteiger partial charge on any atom is 0.303 e. The van der Waals surface area contributed by atoms with Crippen molar-refractivity contribution in [1.82, 2.24) is 26.3 Å². The van der Waals surface area contributed by atoms with E-state index in [1.54, 1.807) is 24.4 Å². The van der Waals surface area contributed by atoms with Gasteiger partial charge in [-0.05, 0) is 130 Å². The van der Waals surface area contributed by atoms with Crippen LogP contribution in [0.5, 0.6) is 0 Å². The topological polar surface area (TPSA) is 238 Å². The van der Waals surface area contributed by atoms with Crippen molar-refractivity contribution in [3.63, 3.8) is 0 Å². The summed E-state index contributed by atoms with van der Waals surface area (Å²) in [6, 6.07) is 21.9. The van der Waals surface area contributed by atoms with Crippen molar-refractivity contribution in [3.8, 4) is 0 Å². The van der Waals surface area contributed by atoms with Gasteiger partial charge in [0.15, 0.2) is 23.1 Å². The molecule has 4 amide bonds. The van der Waals surface area contributed by atoms with Gasteiger partial charge < -0.3 is 31.4 Å². The minimum Gasteiger partial charge on any atom is -0.481 e. The van der Waals surface area contributed by atoms with E-state index in [-0.39, 0.29) is 84.0 Å². The van der Waals surface area contributed by atoms with Crippen molar-refractivity contribution in [1.29, 1.82) is 0 Å². The number of nitrogens with one attached hydrogen (secondary N) is 5. The number of carboxylic acid groups (broad SMARTS) is 1. The molecule has 68 heavy (non-hydrogen) atoms. The third kappa shape index (κ3) is 14.7. The van der Waals surface area contributed by atoms with Crippen LogP contribution in [-0.4, -0.2) is 87.0 Å². The molecule has 5 aromatic rings. The number of rotatable bonds is 24. The molecule has 6 N–H and O–H groups in total. The highest BCUT2D eigenvalue weighted by Gasteiger charge is 2.26. The maximum atomic E-state index is 14.1. The Hall–Kier alpha value is -7.55. The fraction of sp³-hybridized carbons (Fsp3) is 0.340. The molecule has 4 atom stereocenters. The molecular weight excluding hydrogens is 867 g/mol. The van der Waals surface area contributed by atoms with E-state index in [4.69, 9.17) is 0 Å². The van der Waals surface area contributed by atoms with E-state index in [1.165, 1.54) is 45.9 Å². The summed E-state index contributed by atoms with van der Waals surface area (Å²) in [5.41, 5.74) is 3.62. The number of aryl methyl sites for hydroxylation is 2. The third-order valence-electron chi connectivity index (χ3n) is 11.7. The number of para-hydroxylation sites is 1. The van der Waals surface area contributed by atoms with Crippen molar-refractivity contribution < 1.29 is 48.3 Å². The minimum absolute atomic E-state index is 0.0178. The van der Waals surface area contributed by atoms with E-state index >= 15 is 0 Å². The molecule has 4 unspecified atom stereocenters. The number of H-pyrrole nitrogens is 1. The molecule has 0 aliphatic carbocycles. The normalized spacial score (nSPS) is 12.9. The number of ketones is 4. The summed E-state index contributed by atoms with van der Waals surface area (Å²) in [6.45, 7) is 9.21. The first-order chi connectivity index (χ1) is 32.3. The average Bonchev–Trinajstić information content (AvgIpc) is 3.70. The molecule has 0 spiro atoms. The van der Waals surface area contributed by atoms with Crippen molar-refractivity contribution in [2.45, 2.75) is 111 Å². The smallest absolute Gasteiger partial charge is 0.303 e. The zero-order chi connectivity index (χ0) is 49.7. The van der Waals surface area contributed by atoms with Crippen LogP contribution in [-0.2, 0) is 49.7 Å². The molecule has 0 aliphatic heterocycles. The number of hydrogen-bond donors (Lipinski definition) is 6. The van der Waals surface area contributed by atoms with Crippen LogP contribution < -0.4 is 21.3 Å². The van der Waals surface area contributed by atoms with Gasteiger partial charge in [0, 0.05) is 52.2 Å². The standard InChI is InChI=1S/C53H59N5O10/c1-30(2)20-46(32(4)60)56-51(66)39-22-37(24-41(27-39)53(68)58-48(34(6)62)28-42-29-54-45-15-11-10-14-43(42)45)17-16-36-21-38(50(65)55-44(31(3)59)18-19-49(63)64)26-40(23-36)52(67)57-47(33(5)61)25-35-12-8-7-9-13-35/h7-15,21-24,26-27,29-30,44,46-48,54H,16-20,25,28H2,1-6H3,(H,55,65)(H,56,66)(H,57,67)(H,58,68)(H,63,64). The molecule has 0 aliphatic rings. The Labute approximate surface area is 395 Å². The highest BCUT2D eigenvalue weighted by molar-refractivity contribution is 6.04. The van der Waals surface area contributed by atoms with E-state index in [9.17, 15) is 48.3 Å². The monoisotopic (exact) mass is 925 g/mol. The Kier molecular flexibility index (Phi) is 18.0. The van der Waals surface area contributed by atoms with Gasteiger partial charge in [-0.1, -0.05) is 62.4 Å². The number of carbonyl (C=O) groups is 9. The molecular formula is C53H59N5O10. The predicted molar refractivity (Wildman–Crippen MR) is 257 cm³/mol. The molecule has 0 bridgehead atoms. The fourth-order valence-electron chi connectivity index (χ4n) is 7.86. The van der Waals surface area contributed by atoms with Gasteiger partial charge in [0.2, 0.25) is 0 Å². The molecule has 4 aromatic carbocycles. The molecule has 0 saturated carbocycles. The summed E-state index contributed by atoms with van der Waals surface area (Å²) < 4.78 is 0. The largest absolute Gasteiger partial charge is 0.481 e. The number of fused-ring (bicyclic) bond motifs is 1. The van der Waals surface area contributed by atoms with Gasteiger partial charge >= 0.3 is 5.97 Å². The number of amides is 4. The molecule has 1 aromatic heterocycles. The zero-order valence-electron chi connectivity index (χ0n) is 39.2. The van der Waals surface area contributed by atoms with Crippen LogP contribution in [0.1, 0.15) is 124 Å². The van der Waals surface area contributed by atoms with Gasteiger partial charge in [-0.3, -0.25) is 43.2 Å². The van der Waals surface area contributed by atoms with Crippen LogP contribution in [0.15, 0.2) is 97.2 Å². The van der Waals surface area contributed by atoms with E-state index in [2.05, 4.69) is 26.3 Å². The summed E-state index contributed by atoms with van der Waals surface area (Å²) in [5.74, 6) is -4.97. The molecule has 0 fully saturated rings. The number of aromatic nitrogens is 1. The second kappa shape index (κ2) is 23.8. The summed E-state index contributed by atoms with van der Waals surface area (Å²) in [4.78, 5) is 121. The Morgan fingerprint density at radius 3 is 1.40 bits per heavy atom. The van der Waals surface area contributed by atoms with Crippen molar-refractivity contribution >= 4 is 63.6 Å². The number of carboxylic acids is 1. The number of aliphatic carboxylic acids is 1. The average molecular weight is 926 g/mol. The SMILES string of the molecule is CC(=O)C(CCC(=O)O)NC(=O)c1cc(CCc2cc(C(=O)NC(Cc3c[nH]c4ccccc34)C(C)=O)cc(C(=O)NC(CC(C)C)C(C)=O)c2)cc(C(=O)NC(Cc2ccccc2)C(C)=O)c1. The molecule has 0 saturated heterocycles. The predicted octanol–water partition coefficient (Wildman–Crippen LogP) is 6.10. The Bertz CT molecular complexity index is 2710. The van der Waals surface area contributed by atoms with Gasteiger partial charge in [0.1, 0.15) is 0 Å². The molecule has 5 rings (SSSR count). The summed E-state index contributed by atoms with van der Waals surface area (Å²) in [5, 5.41) is 21.2. The van der Waals surface area contributed by atoms with Gasteiger partial charge in [-0.25, -0.2) is 0 Å². The molecule has 0 radical (unpaired) electrons. The summed E-state index contributed by atoms with van der Waals surface area (Å²) in [6.07, 6.45) is 2.33. The van der Waals surface area contributed by atoms with Gasteiger partial charge in [-0.2, -0.15) is 0 Å². The molecule has 15 heteroatoms. The quantitative estimate of drug-likeness (QED) is 0.0416. The van der Waals surface area contributed by atoms with Crippen LogP contribution in [0.4, 0.5) is 0 Å². The number of hydrogen-bond acceptors (Lipinski definition) is 9. The first-order valence-corrected chi connectivity index (χ1v) is 22.6. The van der Waals surface area contributed by atoms with Crippen LogP contribution in [0, 0.1) is 5.92 Å². The van der Waals surface area contributed by atoms with Crippen molar-refractivity contribution in [2.75, 3.05) is 0 Å². The highest BCUT2D eigenvalue weighted by atomic mass is 16.4. The summed E-state index contributed by atoms with van der Waals surface area (Å²) in [7, 11) is 0.